The van der Waals surface area contributed by atoms with Gasteiger partial charge >= 0.3 is 0 Å². The molecule has 2 aromatic rings. The Morgan fingerprint density at radius 1 is 0.969 bits per heavy atom. The Labute approximate surface area is 186 Å². The molecule has 168 valence electrons. The van der Waals surface area contributed by atoms with Crippen LogP contribution in [-0.2, 0) is 39.1 Å². The smallest absolute Gasteiger partial charge is 0.294 e. The summed E-state index contributed by atoms with van der Waals surface area (Å²) >= 11 is 0. The summed E-state index contributed by atoms with van der Waals surface area (Å²) in [5.74, 6) is -0.880. The summed E-state index contributed by atoms with van der Waals surface area (Å²) in [4.78, 5) is 37.8. The van der Waals surface area contributed by atoms with Gasteiger partial charge in [0.2, 0.25) is 11.8 Å². The normalized spacial score (nSPS) is 18.6. The molecule has 1 saturated heterocycles. The van der Waals surface area contributed by atoms with Crippen molar-refractivity contribution < 1.29 is 27.4 Å². The third-order valence-electron chi connectivity index (χ3n) is 5.99. The monoisotopic (exact) mass is 456 g/mol. The van der Waals surface area contributed by atoms with Gasteiger partial charge in [-0.1, -0.05) is 24.3 Å². The lowest BCUT2D eigenvalue weighted by molar-refractivity contribution is -0.136. The molecule has 2 heterocycles. The molecule has 1 atom stereocenters. The number of imide groups is 1. The predicted molar refractivity (Wildman–Crippen MR) is 115 cm³/mol. The van der Waals surface area contributed by atoms with E-state index in [2.05, 4.69) is 5.32 Å². The Morgan fingerprint density at radius 3 is 2.28 bits per heavy atom. The van der Waals surface area contributed by atoms with Crippen LogP contribution in [0.4, 0.5) is 0 Å². The molecule has 0 aliphatic carbocycles. The summed E-state index contributed by atoms with van der Waals surface area (Å²) in [7, 11) is -4.18. The zero-order chi connectivity index (χ0) is 22.9. The Bertz CT molecular complexity index is 1170. The second-order valence-corrected chi connectivity index (χ2v) is 9.64. The fraction of sp³-hybridized carbons (Fsp3) is 0.348. The first kappa shape index (κ1) is 22.2. The molecule has 2 N–H and O–H groups in total. The molecule has 2 aliphatic heterocycles. The van der Waals surface area contributed by atoms with Gasteiger partial charge in [-0.15, -0.1) is 0 Å². The number of nitrogens with one attached hydrogen (secondary N) is 1. The van der Waals surface area contributed by atoms with E-state index in [1.54, 1.807) is 17.0 Å². The molecule has 0 bridgehead atoms. The minimum absolute atomic E-state index is 0.115. The lowest BCUT2D eigenvalue weighted by atomic mass is 10.0. The van der Waals surface area contributed by atoms with Gasteiger partial charge in [0.15, 0.2) is 0 Å². The van der Waals surface area contributed by atoms with Crippen LogP contribution in [0.5, 0.6) is 0 Å². The van der Waals surface area contributed by atoms with Gasteiger partial charge in [0.25, 0.3) is 16.0 Å². The third-order valence-corrected chi connectivity index (χ3v) is 6.86. The number of amides is 3. The second-order valence-electron chi connectivity index (χ2n) is 8.22. The molecule has 0 saturated carbocycles. The molecular formula is C23H24N2O6S. The second kappa shape index (κ2) is 8.84. The molecule has 4 rings (SSSR count). The fourth-order valence-corrected chi connectivity index (χ4v) is 4.72. The number of benzene rings is 2. The summed E-state index contributed by atoms with van der Waals surface area (Å²) in [5, 5.41) is 2.31. The Kier molecular flexibility index (Phi) is 6.12. The van der Waals surface area contributed by atoms with Gasteiger partial charge in [-0.2, -0.15) is 8.42 Å². The van der Waals surface area contributed by atoms with Gasteiger partial charge in [-0.05, 0) is 67.0 Å². The van der Waals surface area contributed by atoms with Gasteiger partial charge in [0.05, 0.1) is 4.90 Å². The first-order valence-electron chi connectivity index (χ1n) is 10.6. The average Bonchev–Trinajstić information content (AvgIpc) is 3.07. The molecule has 0 aromatic heterocycles. The van der Waals surface area contributed by atoms with Crippen LogP contribution in [0, 0.1) is 0 Å². The topological polar surface area (TPSA) is 121 Å². The molecule has 1 fully saturated rings. The number of hydrogen-bond acceptors (Lipinski definition) is 5. The van der Waals surface area contributed by atoms with Crippen LogP contribution < -0.4 is 5.32 Å². The maximum Gasteiger partial charge on any atom is 0.294 e. The maximum atomic E-state index is 12.9. The van der Waals surface area contributed by atoms with Crippen LogP contribution in [0.15, 0.2) is 47.4 Å². The molecule has 3 amide bonds. The van der Waals surface area contributed by atoms with E-state index >= 15 is 0 Å². The van der Waals surface area contributed by atoms with Crippen LogP contribution >= 0.6 is 0 Å². The molecule has 32 heavy (non-hydrogen) atoms. The van der Waals surface area contributed by atoms with Crippen molar-refractivity contribution in [2.75, 3.05) is 0 Å². The van der Waals surface area contributed by atoms with Crippen LogP contribution in [0.1, 0.15) is 52.7 Å². The summed E-state index contributed by atoms with van der Waals surface area (Å²) in [6.45, 7) is 0.375. The van der Waals surface area contributed by atoms with Crippen LogP contribution in [-0.4, -0.2) is 41.6 Å². The summed E-state index contributed by atoms with van der Waals surface area (Å²) in [5.41, 5.74) is 3.54. The molecular weight excluding hydrogens is 432 g/mol. The van der Waals surface area contributed by atoms with Crippen LogP contribution in [0.25, 0.3) is 0 Å². The highest BCUT2D eigenvalue weighted by Crippen LogP contribution is 2.28. The van der Waals surface area contributed by atoms with Crippen LogP contribution in [0.3, 0.4) is 0 Å². The highest BCUT2D eigenvalue weighted by Gasteiger charge is 2.39. The van der Waals surface area contributed by atoms with E-state index in [1.165, 1.54) is 12.1 Å². The fourth-order valence-electron chi connectivity index (χ4n) is 4.24. The van der Waals surface area contributed by atoms with Crippen molar-refractivity contribution in [1.82, 2.24) is 10.2 Å². The van der Waals surface area contributed by atoms with Crippen molar-refractivity contribution in [2.45, 2.75) is 56.0 Å². The van der Waals surface area contributed by atoms with E-state index in [4.69, 9.17) is 4.55 Å². The predicted octanol–water partition coefficient (Wildman–Crippen LogP) is 2.26. The Hall–Kier alpha value is -3.04. The summed E-state index contributed by atoms with van der Waals surface area (Å²) in [6, 6.07) is 11.4. The van der Waals surface area contributed by atoms with Gasteiger partial charge < -0.3 is 4.90 Å². The standard InChI is InChI=1S/C23H24N2O6S/c26-21-12-11-20(22(27)24-21)25-14-17-8-5-16(13-19(17)23(25)28)4-2-1-3-15-6-9-18(10-7-15)32(29,30)31/h5-10,13,20H,1-4,11-12,14H2,(H,24,26,27)(H,29,30,31). The summed E-state index contributed by atoms with van der Waals surface area (Å²) < 4.78 is 31.2. The van der Waals surface area contributed by atoms with Crippen molar-refractivity contribution in [3.63, 3.8) is 0 Å². The van der Waals surface area contributed by atoms with E-state index in [0.29, 0.717) is 18.5 Å². The molecule has 2 aromatic carbocycles. The van der Waals surface area contributed by atoms with Crippen molar-refractivity contribution in [1.29, 1.82) is 0 Å². The molecule has 0 spiro atoms. The van der Waals surface area contributed by atoms with Crippen molar-refractivity contribution in [2.24, 2.45) is 0 Å². The molecule has 0 radical (unpaired) electrons. The number of carbonyl (C=O) groups is 3. The number of rotatable bonds is 7. The average molecular weight is 457 g/mol. The molecule has 1 unspecified atom stereocenters. The Balaban J connectivity index is 1.32. The zero-order valence-corrected chi connectivity index (χ0v) is 18.2. The number of piperidine rings is 1. The van der Waals surface area contributed by atoms with Gasteiger partial charge in [0.1, 0.15) is 6.04 Å². The SMILES string of the molecule is O=C1CCC(N2Cc3ccc(CCCCc4ccc(S(=O)(=O)O)cc4)cc3C2=O)C(=O)N1. The number of unbranched alkanes of at least 4 members (excludes halogenated alkanes) is 1. The lowest BCUT2D eigenvalue weighted by Gasteiger charge is -2.29. The molecule has 9 heteroatoms. The largest absolute Gasteiger partial charge is 0.322 e. The van der Waals surface area contributed by atoms with E-state index in [-0.39, 0.29) is 23.1 Å². The summed E-state index contributed by atoms with van der Waals surface area (Å²) in [6.07, 6.45) is 3.94. The number of hydrogen-bond donors (Lipinski definition) is 2. The number of aryl methyl sites for hydroxylation is 2. The van der Waals surface area contributed by atoms with Crippen molar-refractivity contribution in [3.05, 3.63) is 64.7 Å². The first-order valence-corrected chi connectivity index (χ1v) is 12.0. The van der Waals surface area contributed by atoms with E-state index < -0.39 is 22.1 Å². The number of nitrogens with zero attached hydrogens (tertiary/aromatic N) is 1. The minimum Gasteiger partial charge on any atom is -0.322 e. The number of carbonyl (C=O) groups excluding carboxylic acids is 3. The minimum atomic E-state index is -4.18. The Morgan fingerprint density at radius 2 is 1.62 bits per heavy atom. The van der Waals surface area contributed by atoms with Crippen molar-refractivity contribution in [3.8, 4) is 0 Å². The number of fused-ring (bicyclic) bond motifs is 1. The van der Waals surface area contributed by atoms with Gasteiger partial charge in [-0.3, -0.25) is 24.3 Å². The van der Waals surface area contributed by atoms with E-state index in [9.17, 15) is 22.8 Å². The van der Waals surface area contributed by atoms with E-state index in [1.807, 2.05) is 18.2 Å². The molecule has 8 nitrogen and oxygen atoms in total. The van der Waals surface area contributed by atoms with Crippen molar-refractivity contribution >= 4 is 27.8 Å². The highest BCUT2D eigenvalue weighted by atomic mass is 32.2. The maximum absolute atomic E-state index is 12.9. The van der Waals surface area contributed by atoms with Crippen LogP contribution in [0.2, 0.25) is 0 Å². The third kappa shape index (κ3) is 4.73. The first-order chi connectivity index (χ1) is 15.2. The highest BCUT2D eigenvalue weighted by molar-refractivity contribution is 7.85. The van der Waals surface area contributed by atoms with Gasteiger partial charge in [0, 0.05) is 18.5 Å². The zero-order valence-electron chi connectivity index (χ0n) is 17.4. The molecule has 2 aliphatic rings. The quantitative estimate of drug-likeness (QED) is 0.375. The van der Waals surface area contributed by atoms with Gasteiger partial charge in [-0.25, -0.2) is 0 Å². The van der Waals surface area contributed by atoms with E-state index in [0.717, 1.165) is 42.4 Å². The lowest BCUT2D eigenvalue weighted by Crippen LogP contribution is -2.52.